The van der Waals surface area contributed by atoms with E-state index in [1.165, 1.54) is 4.90 Å². The lowest BCUT2D eigenvalue weighted by Crippen LogP contribution is -2.38. The molecule has 25 heavy (non-hydrogen) atoms. The Bertz CT molecular complexity index is 818. The highest BCUT2D eigenvalue weighted by molar-refractivity contribution is 7.91. The maximum absolute atomic E-state index is 12.4. The zero-order chi connectivity index (χ0) is 18.4. The summed E-state index contributed by atoms with van der Waals surface area (Å²) in [6.07, 6.45) is 0. The number of benzene rings is 2. The number of hydrogen-bond acceptors (Lipinski definition) is 3. The predicted octanol–water partition coefficient (Wildman–Crippen LogP) is 3.98. The molecular weight excluding hydrogens is 360 g/mol. The van der Waals surface area contributed by atoms with Crippen molar-refractivity contribution in [2.75, 3.05) is 24.2 Å². The van der Waals surface area contributed by atoms with Gasteiger partial charge in [0, 0.05) is 23.8 Å². The van der Waals surface area contributed by atoms with Gasteiger partial charge in [-0.15, -0.1) is 0 Å². The number of rotatable bonds is 6. The predicted molar refractivity (Wildman–Crippen MR) is 101 cm³/mol. The standard InChI is InChI=1S/C18H21ClN2O3S/c1-3-21(18(22)20-16-8-6-15(19)7-9-16)12-13-25(23,24)17-10-4-14(2)5-11-17/h4-11H,3,12-13H2,1-2H3,(H,20,22). The maximum Gasteiger partial charge on any atom is 0.321 e. The highest BCUT2D eigenvalue weighted by atomic mass is 35.5. The number of carbonyl (C=O) groups is 1. The van der Waals surface area contributed by atoms with Crippen LogP contribution in [0.4, 0.5) is 10.5 Å². The van der Waals surface area contributed by atoms with Crippen molar-refractivity contribution in [1.29, 1.82) is 0 Å². The molecule has 2 rings (SSSR count). The van der Waals surface area contributed by atoms with E-state index >= 15 is 0 Å². The normalized spacial score (nSPS) is 11.2. The highest BCUT2D eigenvalue weighted by Gasteiger charge is 2.18. The average Bonchev–Trinajstić information content (AvgIpc) is 2.58. The number of halogens is 1. The SMILES string of the molecule is CCN(CCS(=O)(=O)c1ccc(C)cc1)C(=O)Nc1ccc(Cl)cc1. The van der Waals surface area contributed by atoms with Gasteiger partial charge in [-0.3, -0.25) is 0 Å². The van der Waals surface area contributed by atoms with E-state index in [-0.39, 0.29) is 23.2 Å². The second-order valence-electron chi connectivity index (χ2n) is 5.65. The zero-order valence-electron chi connectivity index (χ0n) is 14.2. The van der Waals surface area contributed by atoms with Gasteiger partial charge in [0.2, 0.25) is 0 Å². The summed E-state index contributed by atoms with van der Waals surface area (Å²) in [7, 11) is -3.43. The molecule has 0 aliphatic carbocycles. The number of nitrogens with one attached hydrogen (secondary N) is 1. The van der Waals surface area contributed by atoms with Gasteiger partial charge in [0.1, 0.15) is 0 Å². The molecule has 0 radical (unpaired) electrons. The molecule has 0 fully saturated rings. The van der Waals surface area contributed by atoms with Gasteiger partial charge in [-0.1, -0.05) is 29.3 Å². The summed E-state index contributed by atoms with van der Waals surface area (Å²) in [6.45, 7) is 4.23. The number of aryl methyl sites for hydroxylation is 1. The third-order valence-corrected chi connectivity index (χ3v) is 5.74. The maximum atomic E-state index is 12.4. The molecule has 0 atom stereocenters. The van der Waals surface area contributed by atoms with Crippen LogP contribution in [-0.2, 0) is 9.84 Å². The van der Waals surface area contributed by atoms with Gasteiger partial charge < -0.3 is 10.2 Å². The quantitative estimate of drug-likeness (QED) is 0.824. The molecule has 1 N–H and O–H groups in total. The molecule has 0 aliphatic heterocycles. The minimum Gasteiger partial charge on any atom is -0.324 e. The summed E-state index contributed by atoms with van der Waals surface area (Å²) >= 11 is 5.82. The number of urea groups is 1. The molecule has 0 spiro atoms. The Morgan fingerprint density at radius 2 is 1.68 bits per heavy atom. The van der Waals surface area contributed by atoms with Crippen LogP contribution in [0.25, 0.3) is 0 Å². The number of sulfone groups is 1. The summed E-state index contributed by atoms with van der Waals surface area (Å²) in [5.41, 5.74) is 1.60. The first-order valence-corrected chi connectivity index (χ1v) is 9.96. The molecule has 0 aromatic heterocycles. The van der Waals surface area contributed by atoms with Crippen LogP contribution < -0.4 is 5.32 Å². The second-order valence-corrected chi connectivity index (χ2v) is 8.19. The van der Waals surface area contributed by atoms with E-state index in [0.717, 1.165) is 5.56 Å². The second kappa shape index (κ2) is 8.36. The lowest BCUT2D eigenvalue weighted by atomic mass is 10.2. The van der Waals surface area contributed by atoms with E-state index < -0.39 is 9.84 Å². The van der Waals surface area contributed by atoms with Crippen molar-refractivity contribution in [2.24, 2.45) is 0 Å². The van der Waals surface area contributed by atoms with Gasteiger partial charge in [0.15, 0.2) is 9.84 Å². The van der Waals surface area contributed by atoms with Gasteiger partial charge in [-0.2, -0.15) is 0 Å². The van der Waals surface area contributed by atoms with Crippen LogP contribution in [0.5, 0.6) is 0 Å². The van der Waals surface area contributed by atoms with Crippen molar-refractivity contribution in [1.82, 2.24) is 4.90 Å². The van der Waals surface area contributed by atoms with Gasteiger partial charge in [0.05, 0.1) is 10.6 Å². The van der Waals surface area contributed by atoms with E-state index in [0.29, 0.717) is 17.3 Å². The largest absolute Gasteiger partial charge is 0.324 e. The van der Waals surface area contributed by atoms with Crippen molar-refractivity contribution in [3.8, 4) is 0 Å². The molecule has 134 valence electrons. The lowest BCUT2D eigenvalue weighted by molar-refractivity contribution is 0.217. The molecule has 2 aromatic carbocycles. The van der Waals surface area contributed by atoms with Crippen LogP contribution in [-0.4, -0.2) is 38.2 Å². The summed E-state index contributed by atoms with van der Waals surface area (Å²) in [4.78, 5) is 14.0. The number of anilines is 1. The van der Waals surface area contributed by atoms with Crippen molar-refractivity contribution in [3.05, 3.63) is 59.1 Å². The van der Waals surface area contributed by atoms with Crippen molar-refractivity contribution in [3.63, 3.8) is 0 Å². The smallest absolute Gasteiger partial charge is 0.321 e. The summed E-state index contributed by atoms with van der Waals surface area (Å²) in [5, 5.41) is 3.32. The molecular formula is C18H21ClN2O3S. The molecule has 2 aromatic rings. The van der Waals surface area contributed by atoms with E-state index in [9.17, 15) is 13.2 Å². The highest BCUT2D eigenvalue weighted by Crippen LogP contribution is 2.15. The van der Waals surface area contributed by atoms with E-state index in [4.69, 9.17) is 11.6 Å². The monoisotopic (exact) mass is 380 g/mol. The van der Waals surface area contributed by atoms with Gasteiger partial charge in [-0.25, -0.2) is 13.2 Å². The number of carbonyl (C=O) groups excluding carboxylic acids is 1. The van der Waals surface area contributed by atoms with Gasteiger partial charge in [0.25, 0.3) is 0 Å². The van der Waals surface area contributed by atoms with Gasteiger partial charge in [-0.05, 0) is 50.2 Å². The Hall–Kier alpha value is -2.05. The van der Waals surface area contributed by atoms with Crippen LogP contribution >= 0.6 is 11.6 Å². The Labute approximate surface area is 153 Å². The number of amides is 2. The summed E-state index contributed by atoms with van der Waals surface area (Å²) in [6, 6.07) is 13.1. The Kier molecular flexibility index (Phi) is 6.45. The van der Waals surface area contributed by atoms with Gasteiger partial charge >= 0.3 is 6.03 Å². The molecule has 0 heterocycles. The van der Waals surface area contributed by atoms with Crippen LogP contribution in [0.1, 0.15) is 12.5 Å². The summed E-state index contributed by atoms with van der Waals surface area (Å²) < 4.78 is 24.8. The number of nitrogens with zero attached hydrogens (tertiary/aromatic N) is 1. The molecule has 0 saturated carbocycles. The molecule has 0 bridgehead atoms. The zero-order valence-corrected chi connectivity index (χ0v) is 15.8. The van der Waals surface area contributed by atoms with E-state index in [1.54, 1.807) is 55.5 Å². The Morgan fingerprint density at radius 1 is 1.08 bits per heavy atom. The fraction of sp³-hybridized carbons (Fsp3) is 0.278. The van der Waals surface area contributed by atoms with Crippen LogP contribution in [0.15, 0.2) is 53.4 Å². The topological polar surface area (TPSA) is 66.5 Å². The molecule has 2 amide bonds. The van der Waals surface area contributed by atoms with E-state index in [2.05, 4.69) is 5.32 Å². The fourth-order valence-corrected chi connectivity index (χ4v) is 3.61. The molecule has 5 nitrogen and oxygen atoms in total. The van der Waals surface area contributed by atoms with Crippen LogP contribution in [0, 0.1) is 6.92 Å². The average molecular weight is 381 g/mol. The first-order chi connectivity index (χ1) is 11.8. The van der Waals surface area contributed by atoms with E-state index in [1.807, 2.05) is 6.92 Å². The minimum absolute atomic E-state index is 0.117. The molecule has 0 aliphatic rings. The molecule has 0 unspecified atom stereocenters. The molecule has 0 saturated heterocycles. The third kappa shape index (κ3) is 5.47. The first-order valence-electron chi connectivity index (χ1n) is 7.93. The Morgan fingerprint density at radius 3 is 2.24 bits per heavy atom. The summed E-state index contributed by atoms with van der Waals surface area (Å²) in [5.74, 6) is -0.127. The molecule has 7 heteroatoms. The minimum atomic E-state index is -3.43. The van der Waals surface area contributed by atoms with Crippen molar-refractivity contribution < 1.29 is 13.2 Å². The number of hydrogen-bond donors (Lipinski definition) is 1. The lowest BCUT2D eigenvalue weighted by Gasteiger charge is -2.21. The third-order valence-electron chi connectivity index (χ3n) is 3.77. The van der Waals surface area contributed by atoms with Crippen LogP contribution in [0.3, 0.4) is 0 Å². The first kappa shape index (κ1) is 19.3. The van der Waals surface area contributed by atoms with Crippen molar-refractivity contribution in [2.45, 2.75) is 18.7 Å². The van der Waals surface area contributed by atoms with Crippen molar-refractivity contribution >= 4 is 33.2 Å². The Balaban J connectivity index is 1.99. The van der Waals surface area contributed by atoms with Crippen LogP contribution in [0.2, 0.25) is 5.02 Å². The fourth-order valence-electron chi connectivity index (χ4n) is 2.23.